The molecule has 2 rings (SSSR count). The van der Waals surface area contributed by atoms with E-state index in [4.69, 9.17) is 14.9 Å². The lowest BCUT2D eigenvalue weighted by molar-refractivity contribution is -0.423. The highest BCUT2D eigenvalue weighted by Crippen LogP contribution is 2.32. The molecule has 8 heteroatoms. The zero-order valence-electron chi connectivity index (χ0n) is 13.2. The molecule has 2 aliphatic carbocycles. The molecule has 3 N–H and O–H groups in total. The summed E-state index contributed by atoms with van der Waals surface area (Å²) in [6, 6.07) is 0.181. The molecule has 23 heavy (non-hydrogen) atoms. The van der Waals surface area contributed by atoms with Crippen LogP contribution in [-0.2, 0) is 9.47 Å². The fraction of sp³-hybridized carbons (Fsp3) is 0.533. The van der Waals surface area contributed by atoms with E-state index in [9.17, 15) is 15.2 Å². The number of allylic oxidation sites excluding steroid dienone is 3. The van der Waals surface area contributed by atoms with Crippen molar-refractivity contribution in [1.82, 2.24) is 5.32 Å². The third-order valence-corrected chi connectivity index (χ3v) is 4.31. The number of nitrogens with one attached hydrogen (secondary N) is 2. The maximum absolute atomic E-state index is 10.9. The lowest BCUT2D eigenvalue weighted by Gasteiger charge is -2.37. The van der Waals surface area contributed by atoms with Crippen molar-refractivity contribution in [2.24, 2.45) is 0 Å². The quantitative estimate of drug-likeness (QED) is 0.405. The van der Waals surface area contributed by atoms with Crippen molar-refractivity contribution in [1.29, 1.82) is 5.41 Å². The van der Waals surface area contributed by atoms with Gasteiger partial charge in [0.05, 0.1) is 10.6 Å². The van der Waals surface area contributed by atoms with E-state index >= 15 is 0 Å². The normalized spacial score (nSPS) is 23.4. The van der Waals surface area contributed by atoms with Crippen LogP contribution in [0.3, 0.4) is 0 Å². The maximum atomic E-state index is 10.9. The van der Waals surface area contributed by atoms with E-state index in [1.807, 2.05) is 0 Å². The zero-order chi connectivity index (χ0) is 17.0. The summed E-state index contributed by atoms with van der Waals surface area (Å²) >= 11 is 0. The molecule has 8 nitrogen and oxygen atoms in total. The molecule has 0 bridgehead atoms. The molecule has 1 saturated carbocycles. The highest BCUT2D eigenvalue weighted by Gasteiger charge is 2.35. The van der Waals surface area contributed by atoms with Gasteiger partial charge in [-0.15, -0.1) is 0 Å². The molecular weight excluding hydrogens is 302 g/mol. The van der Waals surface area contributed by atoms with Crippen molar-refractivity contribution in [2.75, 3.05) is 14.2 Å². The highest BCUT2D eigenvalue weighted by molar-refractivity contribution is 6.09. The van der Waals surface area contributed by atoms with Crippen LogP contribution in [0.15, 0.2) is 35.4 Å². The lowest BCUT2D eigenvalue weighted by atomic mass is 9.90. The van der Waals surface area contributed by atoms with Crippen molar-refractivity contribution >= 4 is 5.71 Å². The molecule has 1 fully saturated rings. The molecule has 0 spiro atoms. The van der Waals surface area contributed by atoms with Crippen molar-refractivity contribution in [3.8, 4) is 0 Å². The summed E-state index contributed by atoms with van der Waals surface area (Å²) in [5, 5.41) is 31.3. The Balaban J connectivity index is 2.01. The van der Waals surface area contributed by atoms with Gasteiger partial charge in [-0.25, -0.2) is 0 Å². The highest BCUT2D eigenvalue weighted by atomic mass is 16.7. The van der Waals surface area contributed by atoms with Crippen LogP contribution in [0.5, 0.6) is 0 Å². The first kappa shape index (κ1) is 17.2. The van der Waals surface area contributed by atoms with E-state index in [1.165, 1.54) is 6.08 Å². The minimum absolute atomic E-state index is 0.0274. The third kappa shape index (κ3) is 3.77. The minimum Gasteiger partial charge on any atom is -0.502 e. The molecule has 2 aliphatic rings. The Morgan fingerprint density at radius 3 is 2.52 bits per heavy atom. The lowest BCUT2D eigenvalue weighted by Crippen LogP contribution is -2.42. The van der Waals surface area contributed by atoms with Gasteiger partial charge in [-0.05, 0) is 12.8 Å². The van der Waals surface area contributed by atoms with E-state index in [0.717, 1.165) is 31.8 Å². The molecule has 0 unspecified atom stereocenters. The number of ether oxygens (including phenoxy) is 2. The molecule has 0 saturated heterocycles. The number of nitro groups is 1. The fourth-order valence-electron chi connectivity index (χ4n) is 2.78. The van der Waals surface area contributed by atoms with E-state index in [-0.39, 0.29) is 11.8 Å². The molecule has 0 heterocycles. The van der Waals surface area contributed by atoms with Crippen LogP contribution in [0.4, 0.5) is 0 Å². The van der Waals surface area contributed by atoms with Gasteiger partial charge in [-0.2, -0.15) is 0 Å². The molecule has 0 aromatic heterocycles. The first-order valence-corrected chi connectivity index (χ1v) is 7.33. The van der Waals surface area contributed by atoms with Gasteiger partial charge in [-0.3, -0.25) is 10.1 Å². The topological polar surface area (TPSA) is 118 Å². The zero-order valence-corrected chi connectivity index (χ0v) is 13.2. The number of nitrogens with zero attached hydrogens (tertiary/aromatic N) is 1. The van der Waals surface area contributed by atoms with E-state index in [2.05, 4.69) is 5.32 Å². The number of aliphatic hydroxyl groups excluding tert-OH is 1. The monoisotopic (exact) mass is 323 g/mol. The van der Waals surface area contributed by atoms with Crippen LogP contribution in [0.2, 0.25) is 0 Å². The molecule has 0 aromatic carbocycles. The van der Waals surface area contributed by atoms with Crippen LogP contribution in [-0.4, -0.2) is 41.8 Å². The van der Waals surface area contributed by atoms with Crippen molar-refractivity contribution in [3.63, 3.8) is 0 Å². The van der Waals surface area contributed by atoms with Gasteiger partial charge in [0.15, 0.2) is 11.5 Å². The second-order valence-electron chi connectivity index (χ2n) is 5.59. The first-order chi connectivity index (χ1) is 10.9. The molecule has 0 radical (unpaired) electrons. The van der Waals surface area contributed by atoms with Crippen LogP contribution < -0.4 is 5.32 Å². The smallest absolute Gasteiger partial charge is 0.311 e. The van der Waals surface area contributed by atoms with Crippen LogP contribution in [0.1, 0.15) is 25.7 Å². The van der Waals surface area contributed by atoms with Gasteiger partial charge in [0.2, 0.25) is 0 Å². The van der Waals surface area contributed by atoms with E-state index in [1.54, 1.807) is 20.4 Å². The summed E-state index contributed by atoms with van der Waals surface area (Å²) in [5.74, 6) is -1.03. The Morgan fingerprint density at radius 1 is 1.39 bits per heavy atom. The summed E-state index contributed by atoms with van der Waals surface area (Å²) < 4.78 is 10.8. The van der Waals surface area contributed by atoms with Gasteiger partial charge in [0.25, 0.3) is 0 Å². The Morgan fingerprint density at radius 2 is 2.00 bits per heavy atom. The van der Waals surface area contributed by atoms with Gasteiger partial charge in [0.1, 0.15) is 0 Å². The number of rotatable bonds is 5. The SMILES string of the molecule is COC1(OC)CCC(N/C=C2/C=C([N+](=O)[O-])C(O)=CC2=N)CC1. The summed E-state index contributed by atoms with van der Waals surface area (Å²) in [5.41, 5.74) is -0.0140. The van der Waals surface area contributed by atoms with Crippen molar-refractivity contribution < 1.29 is 19.5 Å². The summed E-state index contributed by atoms with van der Waals surface area (Å²) in [7, 11) is 3.26. The summed E-state index contributed by atoms with van der Waals surface area (Å²) in [6.07, 6.45) is 7.00. The molecule has 126 valence electrons. The molecule has 0 aliphatic heterocycles. The van der Waals surface area contributed by atoms with Crippen molar-refractivity contribution in [3.05, 3.63) is 45.5 Å². The van der Waals surface area contributed by atoms with Gasteiger partial charge in [0, 0.05) is 57.0 Å². The predicted molar refractivity (Wildman–Crippen MR) is 83.7 cm³/mol. The largest absolute Gasteiger partial charge is 0.502 e. The second-order valence-corrected chi connectivity index (χ2v) is 5.59. The fourth-order valence-corrected chi connectivity index (χ4v) is 2.78. The van der Waals surface area contributed by atoms with Crippen molar-refractivity contribution in [2.45, 2.75) is 37.5 Å². The third-order valence-electron chi connectivity index (χ3n) is 4.31. The number of aliphatic hydroxyl groups is 1. The number of hydrogen-bond donors (Lipinski definition) is 3. The Kier molecular flexibility index (Phi) is 5.17. The number of hydrogen-bond acceptors (Lipinski definition) is 7. The molecular formula is C15H21N3O5. The van der Waals surface area contributed by atoms with Gasteiger partial charge in [-0.1, -0.05) is 0 Å². The van der Waals surface area contributed by atoms with Gasteiger partial charge < -0.3 is 25.3 Å². The Labute approximate surface area is 134 Å². The van der Waals surface area contributed by atoms with E-state index in [0.29, 0.717) is 5.57 Å². The van der Waals surface area contributed by atoms with Crippen LogP contribution >= 0.6 is 0 Å². The second kappa shape index (κ2) is 6.93. The summed E-state index contributed by atoms with van der Waals surface area (Å²) in [6.45, 7) is 0. The molecule has 0 amide bonds. The minimum atomic E-state index is -0.668. The number of methoxy groups -OCH3 is 2. The Hall–Kier alpha value is -2.19. The maximum Gasteiger partial charge on any atom is 0.311 e. The predicted octanol–water partition coefficient (Wildman–Crippen LogP) is 2.03. The van der Waals surface area contributed by atoms with Crippen LogP contribution in [0, 0.1) is 15.5 Å². The standard InChI is InChI=1S/C15H21N3O5/c1-22-15(23-2)5-3-11(4-6-15)17-9-10-7-13(18(20)21)14(19)8-12(10)16/h7-9,11,16-17,19H,3-6H2,1-2H3/b10-9-,16-12?. The molecule has 0 aromatic rings. The summed E-state index contributed by atoms with van der Waals surface area (Å²) in [4.78, 5) is 10.2. The molecule has 0 atom stereocenters. The van der Waals surface area contributed by atoms with Crippen LogP contribution in [0.25, 0.3) is 0 Å². The average Bonchev–Trinajstić information content (AvgIpc) is 2.54. The Bertz CT molecular complexity index is 580. The van der Waals surface area contributed by atoms with E-state index < -0.39 is 22.2 Å². The van der Waals surface area contributed by atoms with Gasteiger partial charge >= 0.3 is 5.70 Å². The first-order valence-electron chi connectivity index (χ1n) is 7.33. The average molecular weight is 323 g/mol.